The highest BCUT2D eigenvalue weighted by atomic mass is 127. The predicted molar refractivity (Wildman–Crippen MR) is 137 cm³/mol. The van der Waals surface area contributed by atoms with E-state index in [2.05, 4.69) is 10.6 Å². The van der Waals surface area contributed by atoms with Gasteiger partial charge in [0.25, 0.3) is 5.91 Å². The van der Waals surface area contributed by atoms with Gasteiger partial charge in [-0.3, -0.25) is 9.59 Å². The fourth-order valence-electron chi connectivity index (χ4n) is 2.91. The van der Waals surface area contributed by atoms with Gasteiger partial charge in [-0.1, -0.05) is 12.1 Å². The molecule has 0 aromatic heterocycles. The maximum atomic E-state index is 13.7. The Kier molecular flexibility index (Phi) is 8.82. The molecule has 0 aliphatic carbocycles. The van der Waals surface area contributed by atoms with E-state index in [1.807, 2.05) is 45.2 Å². The third kappa shape index (κ3) is 6.43. The molecular formula is C22H18FI2N3O6. The van der Waals surface area contributed by atoms with Crippen LogP contribution in [0.15, 0.2) is 42.1 Å². The molecule has 34 heavy (non-hydrogen) atoms. The number of nitrogens with zero attached hydrogens (tertiary/aromatic N) is 1. The first kappa shape index (κ1) is 25.9. The molecule has 0 spiro atoms. The zero-order chi connectivity index (χ0) is 24.8. The smallest absolute Gasteiger partial charge is 0.344 e. The van der Waals surface area contributed by atoms with Crippen LogP contribution in [-0.4, -0.2) is 48.5 Å². The molecule has 0 unspecified atom stereocenters. The first-order chi connectivity index (χ1) is 16.2. The van der Waals surface area contributed by atoms with E-state index < -0.39 is 36.2 Å². The quantitative estimate of drug-likeness (QED) is 0.190. The molecule has 1 fully saturated rings. The molecule has 9 nitrogen and oxygen atoms in total. The Balaban J connectivity index is 1.70. The molecule has 4 amide bonds. The summed E-state index contributed by atoms with van der Waals surface area (Å²) in [5, 5.41) is 4.77. The van der Waals surface area contributed by atoms with E-state index >= 15 is 0 Å². The number of hydrogen-bond acceptors (Lipinski definition) is 6. The lowest BCUT2D eigenvalue weighted by atomic mass is 10.2. The van der Waals surface area contributed by atoms with Crippen molar-refractivity contribution in [2.24, 2.45) is 0 Å². The molecule has 178 valence electrons. The van der Waals surface area contributed by atoms with Gasteiger partial charge in [0.2, 0.25) is 5.91 Å². The number of esters is 1. The predicted octanol–water partition coefficient (Wildman–Crippen LogP) is 3.51. The lowest BCUT2D eigenvalue weighted by Crippen LogP contribution is -2.38. The normalized spacial score (nSPS) is 14.2. The number of urea groups is 1. The number of amides is 4. The number of imide groups is 1. The van der Waals surface area contributed by atoms with E-state index in [0.29, 0.717) is 18.5 Å². The second-order valence-electron chi connectivity index (χ2n) is 6.81. The molecule has 1 aliphatic rings. The summed E-state index contributed by atoms with van der Waals surface area (Å²) in [6, 6.07) is 8.23. The van der Waals surface area contributed by atoms with E-state index in [1.165, 1.54) is 24.3 Å². The lowest BCUT2D eigenvalue weighted by molar-refractivity contribution is -0.145. The number of ether oxygens (including phenoxy) is 2. The average Bonchev–Trinajstić information content (AvgIpc) is 3.02. The molecule has 12 heteroatoms. The maximum Gasteiger partial charge on any atom is 0.344 e. The Hall–Kier alpha value is -2.75. The Labute approximate surface area is 221 Å². The van der Waals surface area contributed by atoms with Gasteiger partial charge in [-0.25, -0.2) is 18.9 Å². The highest BCUT2D eigenvalue weighted by molar-refractivity contribution is 14.1. The summed E-state index contributed by atoms with van der Waals surface area (Å²) in [4.78, 5) is 49.5. The third-order valence-corrected chi connectivity index (χ3v) is 5.99. The van der Waals surface area contributed by atoms with Crippen LogP contribution in [0.25, 0.3) is 6.08 Å². The standard InChI is InChI=1S/C22H18FI2N3O6/c1-2-33-19(30)11-34-20-14(24)7-12(8-15(20)25)9-17-21(31)28(22(32)27-17)10-18(29)26-16-6-4-3-5-13(16)23/h3-9H,2,10-11H2,1H3,(H,26,29)(H,27,32)/b17-9+. The number of rotatable bonds is 8. The molecule has 1 saturated heterocycles. The van der Waals surface area contributed by atoms with Crippen molar-refractivity contribution >= 4 is 80.8 Å². The van der Waals surface area contributed by atoms with E-state index in [9.17, 15) is 23.6 Å². The second-order valence-corrected chi connectivity index (χ2v) is 9.14. The van der Waals surface area contributed by atoms with E-state index in [0.717, 1.165) is 4.90 Å². The summed E-state index contributed by atoms with van der Waals surface area (Å²) >= 11 is 4.06. The van der Waals surface area contributed by atoms with Crippen LogP contribution >= 0.6 is 45.2 Å². The first-order valence-corrected chi connectivity index (χ1v) is 12.0. The van der Waals surface area contributed by atoms with Gasteiger partial charge in [0.15, 0.2) is 6.61 Å². The van der Waals surface area contributed by atoms with Crippen molar-refractivity contribution in [1.29, 1.82) is 0 Å². The van der Waals surface area contributed by atoms with Crippen molar-refractivity contribution in [2.75, 3.05) is 25.1 Å². The molecule has 0 saturated carbocycles. The molecule has 2 aromatic carbocycles. The van der Waals surface area contributed by atoms with E-state index in [1.54, 1.807) is 25.1 Å². The number of anilines is 1. The van der Waals surface area contributed by atoms with Crippen molar-refractivity contribution in [1.82, 2.24) is 10.2 Å². The Morgan fingerprint density at radius 2 is 1.85 bits per heavy atom. The van der Waals surface area contributed by atoms with Crippen molar-refractivity contribution < 1.29 is 33.0 Å². The third-order valence-electron chi connectivity index (χ3n) is 4.38. The number of hydrogen-bond donors (Lipinski definition) is 2. The van der Waals surface area contributed by atoms with Crippen LogP contribution in [0.1, 0.15) is 12.5 Å². The summed E-state index contributed by atoms with van der Waals surface area (Å²) in [7, 11) is 0. The zero-order valence-corrected chi connectivity index (χ0v) is 22.0. The number of benzene rings is 2. The SMILES string of the molecule is CCOC(=O)COc1c(I)cc(/C=C2/NC(=O)N(CC(=O)Nc3ccccc3F)C2=O)cc1I. The molecule has 0 atom stereocenters. The minimum atomic E-state index is -0.765. The van der Waals surface area contributed by atoms with Gasteiger partial charge in [-0.2, -0.15) is 0 Å². The molecule has 1 aliphatic heterocycles. The minimum absolute atomic E-state index is 0.0181. The number of carbonyl (C=O) groups excluding carboxylic acids is 4. The van der Waals surface area contributed by atoms with Crippen LogP contribution in [0, 0.1) is 13.0 Å². The highest BCUT2D eigenvalue weighted by Gasteiger charge is 2.35. The van der Waals surface area contributed by atoms with E-state index in [4.69, 9.17) is 9.47 Å². The Morgan fingerprint density at radius 3 is 2.50 bits per heavy atom. The number of halogens is 3. The summed E-state index contributed by atoms with van der Waals surface area (Å²) in [5.74, 6) is -2.04. The monoisotopic (exact) mass is 693 g/mol. The fourth-order valence-corrected chi connectivity index (χ4v) is 5.04. The van der Waals surface area contributed by atoms with Crippen molar-refractivity contribution in [3.8, 4) is 5.75 Å². The maximum absolute atomic E-state index is 13.7. The van der Waals surface area contributed by atoms with Crippen LogP contribution < -0.4 is 15.4 Å². The van der Waals surface area contributed by atoms with Crippen LogP contribution in [0.4, 0.5) is 14.9 Å². The Bertz CT molecular complexity index is 1160. The van der Waals surface area contributed by atoms with Crippen molar-refractivity contribution in [3.63, 3.8) is 0 Å². The fraction of sp³-hybridized carbons (Fsp3) is 0.182. The van der Waals surface area contributed by atoms with Gasteiger partial charge >= 0.3 is 12.0 Å². The number of nitrogens with one attached hydrogen (secondary N) is 2. The lowest BCUT2D eigenvalue weighted by Gasteiger charge is -2.12. The number of para-hydroxylation sites is 1. The highest BCUT2D eigenvalue weighted by Crippen LogP contribution is 2.30. The summed E-state index contributed by atoms with van der Waals surface area (Å²) in [5.41, 5.74) is 0.527. The second kappa shape index (κ2) is 11.6. The molecular weight excluding hydrogens is 675 g/mol. The first-order valence-electron chi connectivity index (χ1n) is 9.86. The van der Waals surface area contributed by atoms with Crippen LogP contribution in [0.3, 0.4) is 0 Å². The number of carbonyl (C=O) groups is 4. The van der Waals surface area contributed by atoms with Gasteiger partial charge < -0.3 is 20.1 Å². The molecule has 3 rings (SSSR count). The molecule has 2 aromatic rings. The topological polar surface area (TPSA) is 114 Å². The minimum Gasteiger partial charge on any atom is -0.480 e. The zero-order valence-electron chi connectivity index (χ0n) is 17.7. The summed E-state index contributed by atoms with van der Waals surface area (Å²) in [6.45, 7) is 1.14. The summed E-state index contributed by atoms with van der Waals surface area (Å²) < 4.78 is 25.5. The van der Waals surface area contributed by atoms with Crippen molar-refractivity contribution in [2.45, 2.75) is 6.92 Å². The van der Waals surface area contributed by atoms with Crippen LogP contribution in [0.2, 0.25) is 0 Å². The molecule has 1 heterocycles. The molecule has 2 N–H and O–H groups in total. The van der Waals surface area contributed by atoms with Crippen molar-refractivity contribution in [3.05, 3.63) is 60.6 Å². The molecule has 0 bridgehead atoms. The van der Waals surface area contributed by atoms with Gasteiger partial charge in [0, 0.05) is 0 Å². The van der Waals surface area contributed by atoms with Crippen LogP contribution in [0.5, 0.6) is 5.75 Å². The Morgan fingerprint density at radius 1 is 1.18 bits per heavy atom. The van der Waals surface area contributed by atoms with Crippen LogP contribution in [-0.2, 0) is 19.1 Å². The summed E-state index contributed by atoms with van der Waals surface area (Å²) in [6.07, 6.45) is 1.47. The van der Waals surface area contributed by atoms with Gasteiger partial charge in [0.1, 0.15) is 23.8 Å². The molecule has 0 radical (unpaired) electrons. The van der Waals surface area contributed by atoms with E-state index in [-0.39, 0.29) is 24.6 Å². The largest absolute Gasteiger partial charge is 0.480 e. The average molecular weight is 693 g/mol. The van der Waals surface area contributed by atoms with Gasteiger partial charge in [-0.15, -0.1) is 0 Å². The van der Waals surface area contributed by atoms with Gasteiger partial charge in [-0.05, 0) is 88.0 Å². The van der Waals surface area contributed by atoms with Gasteiger partial charge in [0.05, 0.1) is 19.4 Å².